The molecule has 0 atom stereocenters. The predicted octanol–water partition coefficient (Wildman–Crippen LogP) is 3.21. The summed E-state index contributed by atoms with van der Waals surface area (Å²) >= 11 is 0. The zero-order valence-electron chi connectivity index (χ0n) is 16.0. The first-order chi connectivity index (χ1) is 14.0. The second-order valence-electron chi connectivity index (χ2n) is 6.48. The number of hydrogen-bond acceptors (Lipinski definition) is 7. The average Bonchev–Trinajstić information content (AvgIpc) is 3.32. The molecule has 0 saturated heterocycles. The van der Waals surface area contributed by atoms with Crippen molar-refractivity contribution in [1.29, 1.82) is 0 Å². The lowest BCUT2D eigenvalue weighted by molar-refractivity contribution is -0.134. The molecule has 3 heterocycles. The Kier molecular flexibility index (Phi) is 4.82. The molecule has 0 aliphatic rings. The lowest BCUT2D eigenvalue weighted by Gasteiger charge is -2.06. The van der Waals surface area contributed by atoms with Crippen LogP contribution in [0.2, 0.25) is 0 Å². The molecule has 0 aliphatic carbocycles. The maximum Gasteiger partial charge on any atom is 0.330 e. The van der Waals surface area contributed by atoms with Crippen molar-refractivity contribution in [2.24, 2.45) is 0 Å². The molecule has 146 valence electrons. The van der Waals surface area contributed by atoms with Crippen LogP contribution in [0.15, 0.2) is 53.1 Å². The number of esters is 1. The van der Waals surface area contributed by atoms with Crippen molar-refractivity contribution in [3.8, 4) is 11.5 Å². The third-order valence-corrected chi connectivity index (χ3v) is 4.38. The number of aromatic nitrogens is 4. The van der Waals surface area contributed by atoms with Crippen LogP contribution in [0.25, 0.3) is 28.6 Å². The number of nitrogen functional groups attached to an aromatic ring is 1. The Balaban J connectivity index is 1.68. The van der Waals surface area contributed by atoms with E-state index >= 15 is 0 Å². The maximum absolute atomic E-state index is 11.3. The zero-order valence-corrected chi connectivity index (χ0v) is 16.0. The number of benzene rings is 1. The number of rotatable bonds is 5. The van der Waals surface area contributed by atoms with Gasteiger partial charge in [0.15, 0.2) is 11.4 Å². The van der Waals surface area contributed by atoms with E-state index in [2.05, 4.69) is 19.8 Å². The molecule has 0 aliphatic heterocycles. The number of ether oxygens (including phenoxy) is 1. The number of fused-ring (bicyclic) bond motifs is 1. The van der Waals surface area contributed by atoms with E-state index in [-0.39, 0.29) is 5.95 Å². The molecule has 4 rings (SSSR count). The lowest BCUT2D eigenvalue weighted by atomic mass is 10.1. The van der Waals surface area contributed by atoms with Gasteiger partial charge >= 0.3 is 5.97 Å². The smallest absolute Gasteiger partial charge is 0.330 e. The SMILES string of the molecule is COC(=O)/C=C/c1cccc(Cn2ncc3c(-c4ccc(C)o4)nc(N)nc32)c1. The molecule has 0 fully saturated rings. The van der Waals surface area contributed by atoms with E-state index in [0.29, 0.717) is 23.6 Å². The molecule has 0 bridgehead atoms. The normalized spacial score (nSPS) is 11.4. The molecule has 8 nitrogen and oxygen atoms in total. The Morgan fingerprint density at radius 3 is 2.90 bits per heavy atom. The minimum atomic E-state index is -0.402. The maximum atomic E-state index is 11.3. The summed E-state index contributed by atoms with van der Waals surface area (Å²) in [6.07, 6.45) is 4.80. The monoisotopic (exact) mass is 389 g/mol. The van der Waals surface area contributed by atoms with Crippen LogP contribution in [0.1, 0.15) is 16.9 Å². The first-order valence-electron chi connectivity index (χ1n) is 8.94. The van der Waals surface area contributed by atoms with E-state index in [9.17, 15) is 4.79 Å². The van der Waals surface area contributed by atoms with Crippen molar-refractivity contribution in [2.45, 2.75) is 13.5 Å². The number of furan rings is 1. The summed E-state index contributed by atoms with van der Waals surface area (Å²) in [6, 6.07) is 11.5. The largest absolute Gasteiger partial charge is 0.466 e. The Morgan fingerprint density at radius 1 is 1.28 bits per heavy atom. The van der Waals surface area contributed by atoms with Crippen LogP contribution < -0.4 is 5.73 Å². The van der Waals surface area contributed by atoms with Gasteiger partial charge in [0.1, 0.15) is 11.5 Å². The van der Waals surface area contributed by atoms with E-state index in [1.54, 1.807) is 17.0 Å². The number of anilines is 1. The van der Waals surface area contributed by atoms with Crippen molar-refractivity contribution in [2.75, 3.05) is 12.8 Å². The van der Waals surface area contributed by atoms with Gasteiger partial charge in [-0.05, 0) is 42.3 Å². The van der Waals surface area contributed by atoms with Crippen LogP contribution >= 0.6 is 0 Å². The number of nitrogens with two attached hydrogens (primary N) is 1. The van der Waals surface area contributed by atoms with Crippen LogP contribution in [0, 0.1) is 6.92 Å². The Bertz CT molecular complexity index is 1220. The molecule has 0 saturated carbocycles. The number of nitrogens with zero attached hydrogens (tertiary/aromatic N) is 4. The van der Waals surface area contributed by atoms with Gasteiger partial charge in [0.2, 0.25) is 5.95 Å². The molecule has 3 aromatic heterocycles. The third kappa shape index (κ3) is 3.86. The first kappa shape index (κ1) is 18.4. The fourth-order valence-electron chi connectivity index (χ4n) is 3.04. The van der Waals surface area contributed by atoms with Gasteiger partial charge in [0.05, 0.1) is 25.2 Å². The topological polar surface area (TPSA) is 109 Å². The van der Waals surface area contributed by atoms with Crippen molar-refractivity contribution in [3.05, 3.63) is 65.6 Å². The highest BCUT2D eigenvalue weighted by Gasteiger charge is 2.16. The fraction of sp³-hybridized carbons (Fsp3) is 0.143. The van der Waals surface area contributed by atoms with Crippen LogP contribution in [-0.2, 0) is 16.1 Å². The average molecular weight is 389 g/mol. The Morgan fingerprint density at radius 2 is 2.14 bits per heavy atom. The van der Waals surface area contributed by atoms with Gasteiger partial charge in [0.25, 0.3) is 0 Å². The summed E-state index contributed by atoms with van der Waals surface area (Å²) in [5.41, 5.74) is 9.05. The first-order valence-corrected chi connectivity index (χ1v) is 8.94. The van der Waals surface area contributed by atoms with Crippen LogP contribution in [0.4, 0.5) is 5.95 Å². The van der Waals surface area contributed by atoms with Gasteiger partial charge in [-0.15, -0.1) is 0 Å². The number of hydrogen-bond donors (Lipinski definition) is 1. The van der Waals surface area contributed by atoms with Gasteiger partial charge in [0, 0.05) is 6.08 Å². The van der Waals surface area contributed by atoms with E-state index in [1.807, 2.05) is 43.3 Å². The van der Waals surface area contributed by atoms with Crippen molar-refractivity contribution in [1.82, 2.24) is 19.7 Å². The molecule has 1 aromatic carbocycles. The number of carbonyl (C=O) groups is 1. The van der Waals surface area contributed by atoms with E-state index in [4.69, 9.17) is 10.2 Å². The van der Waals surface area contributed by atoms with Crippen LogP contribution in [0.5, 0.6) is 0 Å². The molecule has 0 amide bonds. The summed E-state index contributed by atoms with van der Waals surface area (Å²) in [4.78, 5) is 20.0. The standard InChI is InChI=1S/C21H19N5O3/c1-13-6-8-17(29-13)19-16-11-23-26(20(16)25-21(22)24-19)12-15-5-3-4-14(10-15)7-9-18(27)28-2/h3-11H,12H2,1-2H3,(H2,22,24,25)/b9-7+. The summed E-state index contributed by atoms with van der Waals surface area (Å²) in [5, 5.41) is 5.23. The number of methoxy groups -OCH3 is 1. The predicted molar refractivity (Wildman–Crippen MR) is 109 cm³/mol. The van der Waals surface area contributed by atoms with E-state index in [1.165, 1.54) is 13.2 Å². The van der Waals surface area contributed by atoms with Crippen LogP contribution in [0.3, 0.4) is 0 Å². The van der Waals surface area contributed by atoms with Crippen molar-refractivity contribution < 1.29 is 13.9 Å². The molecular formula is C21H19N5O3. The summed E-state index contributed by atoms with van der Waals surface area (Å²) < 4.78 is 12.1. The molecule has 4 aromatic rings. The molecule has 0 spiro atoms. The third-order valence-electron chi connectivity index (χ3n) is 4.38. The summed E-state index contributed by atoms with van der Waals surface area (Å²) in [5.74, 6) is 1.16. The van der Waals surface area contributed by atoms with E-state index in [0.717, 1.165) is 22.3 Å². The number of carbonyl (C=O) groups excluding carboxylic acids is 1. The van der Waals surface area contributed by atoms with Crippen molar-refractivity contribution >= 4 is 29.0 Å². The van der Waals surface area contributed by atoms with Gasteiger partial charge in [-0.2, -0.15) is 10.1 Å². The zero-order chi connectivity index (χ0) is 20.4. The second-order valence-corrected chi connectivity index (χ2v) is 6.48. The highest BCUT2D eigenvalue weighted by atomic mass is 16.5. The van der Waals surface area contributed by atoms with Gasteiger partial charge in [-0.3, -0.25) is 0 Å². The highest BCUT2D eigenvalue weighted by molar-refractivity contribution is 5.89. The quantitative estimate of drug-likeness (QED) is 0.412. The molecule has 2 N–H and O–H groups in total. The van der Waals surface area contributed by atoms with Crippen LogP contribution in [-0.4, -0.2) is 32.8 Å². The van der Waals surface area contributed by atoms with Crippen molar-refractivity contribution in [3.63, 3.8) is 0 Å². The van der Waals surface area contributed by atoms with Gasteiger partial charge in [-0.25, -0.2) is 14.5 Å². The Labute approximate surface area is 166 Å². The molecule has 0 radical (unpaired) electrons. The van der Waals surface area contributed by atoms with Gasteiger partial charge < -0.3 is 14.9 Å². The number of aryl methyl sites for hydroxylation is 1. The minimum absolute atomic E-state index is 0.151. The minimum Gasteiger partial charge on any atom is -0.466 e. The van der Waals surface area contributed by atoms with Gasteiger partial charge in [-0.1, -0.05) is 18.2 Å². The highest BCUT2D eigenvalue weighted by Crippen LogP contribution is 2.28. The summed E-state index contributed by atoms with van der Waals surface area (Å²) in [7, 11) is 1.35. The van der Waals surface area contributed by atoms with E-state index < -0.39 is 5.97 Å². The lowest BCUT2D eigenvalue weighted by Crippen LogP contribution is -2.05. The molecular weight excluding hydrogens is 370 g/mol. The Hall–Kier alpha value is -3.94. The molecule has 8 heteroatoms. The molecule has 29 heavy (non-hydrogen) atoms. The summed E-state index contributed by atoms with van der Waals surface area (Å²) in [6.45, 7) is 2.35. The molecule has 0 unspecified atom stereocenters. The second kappa shape index (κ2) is 7.59. The fourth-order valence-corrected chi connectivity index (χ4v) is 3.04.